The van der Waals surface area contributed by atoms with Gasteiger partial charge in [-0.05, 0) is 17.7 Å². The van der Waals surface area contributed by atoms with E-state index in [2.05, 4.69) is 27.3 Å². The molecule has 0 bridgehead atoms. The second-order valence-electron chi connectivity index (χ2n) is 6.95. The van der Waals surface area contributed by atoms with Crippen molar-refractivity contribution in [3.8, 4) is 17.0 Å². The van der Waals surface area contributed by atoms with Crippen molar-refractivity contribution >= 4 is 22.5 Å². The number of carbonyl (C=O) groups is 1. The number of amides is 2. The maximum Gasteiger partial charge on any atom is 0.323 e. The quantitative estimate of drug-likeness (QED) is 0.688. The molecule has 0 saturated carbocycles. The first-order valence-corrected chi connectivity index (χ1v) is 10.5. The molecule has 3 aromatic rings. The minimum atomic E-state index is -0.0805. The number of carbonyl (C=O) groups excluding carboxylic acids is 1. The first kappa shape index (κ1) is 19.4. The monoisotopic (exact) mass is 408 g/mol. The topological polar surface area (TPSA) is 57.7 Å². The fourth-order valence-electron chi connectivity index (χ4n) is 3.34. The number of nitrogens with one attached hydrogen (secondary N) is 1. The highest BCUT2D eigenvalue weighted by atomic mass is 32.1. The van der Waals surface area contributed by atoms with Crippen molar-refractivity contribution in [2.24, 2.45) is 0 Å². The van der Waals surface area contributed by atoms with Gasteiger partial charge in [-0.15, -0.1) is 11.3 Å². The minimum Gasteiger partial charge on any atom is -0.497 e. The van der Waals surface area contributed by atoms with Crippen LogP contribution >= 0.6 is 11.3 Å². The van der Waals surface area contributed by atoms with E-state index in [1.165, 1.54) is 16.9 Å². The van der Waals surface area contributed by atoms with Crippen LogP contribution < -0.4 is 10.1 Å². The molecule has 1 aliphatic heterocycles. The van der Waals surface area contributed by atoms with Crippen LogP contribution in [0.4, 0.5) is 9.93 Å². The van der Waals surface area contributed by atoms with Gasteiger partial charge in [-0.3, -0.25) is 10.2 Å². The van der Waals surface area contributed by atoms with E-state index in [1.807, 2.05) is 52.7 Å². The molecule has 2 aromatic carbocycles. The van der Waals surface area contributed by atoms with Gasteiger partial charge in [-0.1, -0.05) is 42.5 Å². The van der Waals surface area contributed by atoms with Crippen LogP contribution in [0.3, 0.4) is 0 Å². The Hall–Kier alpha value is -2.90. The maximum absolute atomic E-state index is 12.6. The van der Waals surface area contributed by atoms with E-state index in [-0.39, 0.29) is 6.03 Å². The lowest BCUT2D eigenvalue weighted by atomic mass is 10.2. The number of thiazole rings is 1. The molecule has 2 heterocycles. The summed E-state index contributed by atoms with van der Waals surface area (Å²) < 4.78 is 5.21. The Bertz CT molecular complexity index is 935. The minimum absolute atomic E-state index is 0.0805. The van der Waals surface area contributed by atoms with E-state index in [1.54, 1.807) is 7.11 Å². The van der Waals surface area contributed by atoms with Crippen LogP contribution in [0.15, 0.2) is 60.0 Å². The summed E-state index contributed by atoms with van der Waals surface area (Å²) in [6, 6.07) is 18.0. The predicted molar refractivity (Wildman–Crippen MR) is 116 cm³/mol. The Balaban J connectivity index is 1.27. The number of urea groups is 1. The van der Waals surface area contributed by atoms with Gasteiger partial charge in [0.2, 0.25) is 0 Å². The average molecular weight is 409 g/mol. The van der Waals surface area contributed by atoms with Crippen molar-refractivity contribution in [2.45, 2.75) is 6.54 Å². The number of piperazine rings is 1. The second-order valence-corrected chi connectivity index (χ2v) is 7.80. The summed E-state index contributed by atoms with van der Waals surface area (Å²) in [5, 5.41) is 5.54. The van der Waals surface area contributed by atoms with Gasteiger partial charge in [0.15, 0.2) is 5.13 Å². The number of methoxy groups -OCH3 is 1. The zero-order valence-corrected chi connectivity index (χ0v) is 17.2. The lowest BCUT2D eigenvalue weighted by molar-refractivity contribution is 0.143. The molecule has 4 rings (SSSR count). The average Bonchev–Trinajstić information content (AvgIpc) is 3.24. The van der Waals surface area contributed by atoms with Crippen LogP contribution in [0.25, 0.3) is 11.3 Å². The summed E-state index contributed by atoms with van der Waals surface area (Å²) in [6.07, 6.45) is 0. The van der Waals surface area contributed by atoms with Crippen LogP contribution in [0.1, 0.15) is 5.56 Å². The molecule has 1 fully saturated rings. The standard InChI is InChI=1S/C22H24N4O2S/c1-28-19-9-7-17(8-10-19)15-25-11-13-26(14-12-25)22(27)24-21-23-20(16-29-21)18-5-3-2-4-6-18/h2-10,16H,11-15H2,1H3,(H,23,24,27). The molecular weight excluding hydrogens is 384 g/mol. The lowest BCUT2D eigenvalue weighted by Crippen LogP contribution is -2.49. The molecule has 1 aliphatic rings. The van der Waals surface area contributed by atoms with Gasteiger partial charge >= 0.3 is 6.03 Å². The SMILES string of the molecule is COc1ccc(CN2CCN(C(=O)Nc3nc(-c4ccccc4)cs3)CC2)cc1. The summed E-state index contributed by atoms with van der Waals surface area (Å²) in [5.74, 6) is 0.868. The first-order chi connectivity index (χ1) is 14.2. The second kappa shape index (κ2) is 9.07. The molecule has 0 aliphatic carbocycles. The molecule has 0 unspecified atom stereocenters. The first-order valence-electron chi connectivity index (χ1n) is 9.63. The van der Waals surface area contributed by atoms with Crippen LogP contribution in [0.2, 0.25) is 0 Å². The number of nitrogens with zero attached hydrogens (tertiary/aromatic N) is 3. The largest absolute Gasteiger partial charge is 0.497 e. The summed E-state index contributed by atoms with van der Waals surface area (Å²) in [6.45, 7) is 4.00. The number of hydrogen-bond donors (Lipinski definition) is 1. The van der Waals surface area contributed by atoms with Crippen LogP contribution in [0, 0.1) is 0 Å². The van der Waals surface area contributed by atoms with Crippen LogP contribution in [-0.4, -0.2) is 54.1 Å². The molecule has 1 saturated heterocycles. The number of hydrogen-bond acceptors (Lipinski definition) is 5. The maximum atomic E-state index is 12.6. The summed E-state index contributed by atoms with van der Waals surface area (Å²) in [4.78, 5) is 21.4. The molecule has 0 radical (unpaired) electrons. The van der Waals surface area contributed by atoms with E-state index in [0.29, 0.717) is 18.2 Å². The molecule has 6 nitrogen and oxygen atoms in total. The van der Waals surface area contributed by atoms with Crippen molar-refractivity contribution < 1.29 is 9.53 Å². The zero-order valence-electron chi connectivity index (χ0n) is 16.4. The van der Waals surface area contributed by atoms with Crippen molar-refractivity contribution in [2.75, 3.05) is 38.6 Å². The fourth-order valence-corrected chi connectivity index (χ4v) is 4.05. The molecule has 0 spiro atoms. The Labute approximate surface area is 174 Å². The van der Waals surface area contributed by atoms with Gasteiger partial charge in [-0.25, -0.2) is 9.78 Å². The van der Waals surface area contributed by atoms with Crippen molar-refractivity contribution in [3.05, 3.63) is 65.5 Å². The smallest absolute Gasteiger partial charge is 0.323 e. The molecule has 7 heteroatoms. The van der Waals surface area contributed by atoms with Crippen LogP contribution in [0.5, 0.6) is 5.75 Å². The highest BCUT2D eigenvalue weighted by Gasteiger charge is 2.22. The number of benzene rings is 2. The third-order valence-corrected chi connectivity index (χ3v) is 5.77. The van der Waals surface area contributed by atoms with Crippen molar-refractivity contribution in [1.29, 1.82) is 0 Å². The van der Waals surface area contributed by atoms with E-state index in [0.717, 1.165) is 36.6 Å². The summed E-state index contributed by atoms with van der Waals surface area (Å²) in [5.41, 5.74) is 3.19. The highest BCUT2D eigenvalue weighted by Crippen LogP contribution is 2.25. The number of anilines is 1. The number of rotatable bonds is 5. The van der Waals surface area contributed by atoms with Gasteiger partial charge < -0.3 is 9.64 Å². The highest BCUT2D eigenvalue weighted by molar-refractivity contribution is 7.14. The summed E-state index contributed by atoms with van der Waals surface area (Å²) >= 11 is 1.45. The van der Waals surface area contributed by atoms with E-state index < -0.39 is 0 Å². The lowest BCUT2D eigenvalue weighted by Gasteiger charge is -2.34. The van der Waals surface area contributed by atoms with Gasteiger partial charge in [0, 0.05) is 43.7 Å². The molecule has 2 amide bonds. The molecule has 150 valence electrons. The Kier molecular flexibility index (Phi) is 6.07. The number of ether oxygens (including phenoxy) is 1. The van der Waals surface area contributed by atoms with Gasteiger partial charge in [0.05, 0.1) is 12.8 Å². The zero-order chi connectivity index (χ0) is 20.1. The predicted octanol–water partition coefficient (Wildman–Crippen LogP) is 4.17. The molecular formula is C22H24N4O2S. The molecule has 1 N–H and O–H groups in total. The van der Waals surface area contributed by atoms with E-state index >= 15 is 0 Å². The van der Waals surface area contributed by atoms with E-state index in [4.69, 9.17) is 4.74 Å². The van der Waals surface area contributed by atoms with Gasteiger partial charge in [0.25, 0.3) is 0 Å². The van der Waals surface area contributed by atoms with E-state index in [9.17, 15) is 4.79 Å². The Morgan fingerprint density at radius 1 is 1.07 bits per heavy atom. The molecule has 29 heavy (non-hydrogen) atoms. The Morgan fingerprint density at radius 2 is 1.79 bits per heavy atom. The number of aromatic nitrogens is 1. The van der Waals surface area contributed by atoms with Crippen molar-refractivity contribution in [3.63, 3.8) is 0 Å². The van der Waals surface area contributed by atoms with Gasteiger partial charge in [0.1, 0.15) is 5.75 Å². The Morgan fingerprint density at radius 3 is 2.48 bits per heavy atom. The molecule has 0 atom stereocenters. The van der Waals surface area contributed by atoms with Gasteiger partial charge in [-0.2, -0.15) is 0 Å². The third kappa shape index (κ3) is 4.93. The molecule has 1 aromatic heterocycles. The third-order valence-electron chi connectivity index (χ3n) is 5.01. The van der Waals surface area contributed by atoms with Crippen LogP contribution in [-0.2, 0) is 6.54 Å². The normalized spacial score (nSPS) is 14.6. The fraction of sp³-hybridized carbons (Fsp3) is 0.273. The summed E-state index contributed by atoms with van der Waals surface area (Å²) in [7, 11) is 1.67. The van der Waals surface area contributed by atoms with Crippen molar-refractivity contribution in [1.82, 2.24) is 14.8 Å².